The molecule has 0 atom stereocenters. The monoisotopic (exact) mass is 424 g/mol. The number of anilines is 1. The molecule has 0 aliphatic heterocycles. The first-order valence-corrected chi connectivity index (χ1v) is 9.52. The van der Waals surface area contributed by atoms with Crippen LogP contribution in [0.3, 0.4) is 0 Å². The van der Waals surface area contributed by atoms with Gasteiger partial charge in [-0.3, -0.25) is 0 Å². The second kappa shape index (κ2) is 7.86. The molecule has 0 unspecified atom stereocenters. The number of aromatic nitrogens is 3. The molecule has 4 aromatic rings. The van der Waals surface area contributed by atoms with Gasteiger partial charge in [-0.05, 0) is 31.5 Å². The number of nitrogens with zero attached hydrogens (tertiary/aromatic N) is 3. The third kappa shape index (κ3) is 4.28. The van der Waals surface area contributed by atoms with Crippen LogP contribution in [0, 0.1) is 13.8 Å². The highest BCUT2D eigenvalue weighted by molar-refractivity contribution is 5.86. The highest BCUT2D eigenvalue weighted by Gasteiger charge is 2.34. The van der Waals surface area contributed by atoms with Gasteiger partial charge >= 0.3 is 6.18 Å². The van der Waals surface area contributed by atoms with Crippen molar-refractivity contribution in [2.75, 3.05) is 5.73 Å². The maximum atomic E-state index is 13.7. The number of hydrogen-bond acceptors (Lipinski definition) is 5. The summed E-state index contributed by atoms with van der Waals surface area (Å²) in [6.07, 6.45) is -4.52. The molecule has 0 saturated heterocycles. The van der Waals surface area contributed by atoms with Crippen LogP contribution < -0.4 is 10.5 Å². The summed E-state index contributed by atoms with van der Waals surface area (Å²) in [5.74, 6) is 0.300. The molecule has 158 valence electrons. The van der Waals surface area contributed by atoms with Gasteiger partial charge in [-0.25, -0.2) is 9.97 Å². The average molecular weight is 424 g/mol. The molecule has 0 radical (unpaired) electrons. The largest absolute Gasteiger partial charge is 0.473 e. The summed E-state index contributed by atoms with van der Waals surface area (Å²) in [6, 6.07) is 14.4. The minimum atomic E-state index is -4.52. The van der Waals surface area contributed by atoms with Crippen molar-refractivity contribution in [2.45, 2.75) is 26.6 Å². The maximum Gasteiger partial charge on any atom is 0.417 e. The Hall–Kier alpha value is -3.68. The molecule has 2 aromatic heterocycles. The predicted molar refractivity (Wildman–Crippen MR) is 112 cm³/mol. The van der Waals surface area contributed by atoms with E-state index in [0.717, 1.165) is 17.0 Å². The normalized spacial score (nSPS) is 11.6. The van der Waals surface area contributed by atoms with Crippen molar-refractivity contribution in [2.24, 2.45) is 0 Å². The van der Waals surface area contributed by atoms with E-state index in [1.165, 1.54) is 12.1 Å². The van der Waals surface area contributed by atoms with Gasteiger partial charge in [0.1, 0.15) is 6.61 Å². The second-order valence-corrected chi connectivity index (χ2v) is 7.18. The molecule has 0 amide bonds. The molecule has 0 spiro atoms. The van der Waals surface area contributed by atoms with E-state index in [2.05, 4.69) is 15.0 Å². The number of alkyl halides is 3. The van der Waals surface area contributed by atoms with E-state index in [1.54, 1.807) is 25.1 Å². The van der Waals surface area contributed by atoms with Crippen LogP contribution in [0.2, 0.25) is 0 Å². The summed E-state index contributed by atoms with van der Waals surface area (Å²) in [4.78, 5) is 12.7. The number of ether oxygens (including phenoxy) is 1. The van der Waals surface area contributed by atoms with E-state index in [4.69, 9.17) is 10.5 Å². The van der Waals surface area contributed by atoms with Crippen LogP contribution >= 0.6 is 0 Å². The van der Waals surface area contributed by atoms with Gasteiger partial charge in [0.25, 0.3) is 0 Å². The van der Waals surface area contributed by atoms with Gasteiger partial charge in [-0.15, -0.1) is 0 Å². The molecule has 0 saturated carbocycles. The highest BCUT2D eigenvalue weighted by atomic mass is 19.4. The van der Waals surface area contributed by atoms with E-state index in [0.29, 0.717) is 16.8 Å². The Balaban J connectivity index is 1.86. The number of rotatable bonds is 4. The number of fused-ring (bicyclic) bond motifs is 1. The van der Waals surface area contributed by atoms with Gasteiger partial charge in [-0.2, -0.15) is 18.2 Å². The first-order chi connectivity index (χ1) is 14.7. The summed E-state index contributed by atoms with van der Waals surface area (Å²) in [6.45, 7) is 3.59. The molecular formula is C23H19F3N4O. The summed E-state index contributed by atoms with van der Waals surface area (Å²) in [5, 5.41) is 0.810. The van der Waals surface area contributed by atoms with Crippen molar-refractivity contribution >= 4 is 16.9 Å². The Morgan fingerprint density at radius 3 is 2.45 bits per heavy atom. The van der Waals surface area contributed by atoms with E-state index < -0.39 is 11.7 Å². The summed E-state index contributed by atoms with van der Waals surface area (Å²) < 4.78 is 46.9. The van der Waals surface area contributed by atoms with E-state index in [9.17, 15) is 13.2 Å². The fourth-order valence-corrected chi connectivity index (χ4v) is 3.46. The molecule has 5 nitrogen and oxygen atoms in total. The van der Waals surface area contributed by atoms with Gasteiger partial charge in [0.2, 0.25) is 11.8 Å². The Morgan fingerprint density at radius 2 is 1.71 bits per heavy atom. The molecule has 0 bridgehead atoms. The predicted octanol–water partition coefficient (Wildman–Crippen LogP) is 5.49. The molecule has 0 aliphatic carbocycles. The lowest BCUT2D eigenvalue weighted by Crippen LogP contribution is -2.09. The molecule has 2 aromatic carbocycles. The van der Waals surface area contributed by atoms with Crippen LogP contribution in [-0.4, -0.2) is 15.0 Å². The molecular weight excluding hydrogens is 405 g/mol. The average Bonchev–Trinajstić information content (AvgIpc) is 2.71. The molecule has 0 fully saturated rings. The van der Waals surface area contributed by atoms with E-state index >= 15 is 0 Å². The second-order valence-electron chi connectivity index (χ2n) is 7.18. The van der Waals surface area contributed by atoms with E-state index in [-0.39, 0.29) is 29.7 Å². The van der Waals surface area contributed by atoms with Crippen LogP contribution in [0.25, 0.3) is 22.2 Å². The molecule has 2 N–H and O–H groups in total. The minimum Gasteiger partial charge on any atom is -0.473 e. The number of nitrogens with two attached hydrogens (primary N) is 1. The Bertz CT molecular complexity index is 1250. The minimum absolute atomic E-state index is 0.00265. The van der Waals surface area contributed by atoms with Crippen LogP contribution in [0.5, 0.6) is 5.88 Å². The zero-order valence-electron chi connectivity index (χ0n) is 16.9. The fraction of sp³-hybridized carbons (Fsp3) is 0.174. The van der Waals surface area contributed by atoms with Gasteiger partial charge in [0.15, 0.2) is 0 Å². The smallest absolute Gasteiger partial charge is 0.417 e. The first-order valence-electron chi connectivity index (χ1n) is 9.52. The zero-order chi connectivity index (χ0) is 22.2. The highest BCUT2D eigenvalue weighted by Crippen LogP contribution is 2.38. The fourth-order valence-electron chi connectivity index (χ4n) is 3.46. The first kappa shape index (κ1) is 20.6. The number of aryl methyl sites for hydroxylation is 2. The van der Waals surface area contributed by atoms with Gasteiger partial charge in [0.05, 0.1) is 16.8 Å². The lowest BCUT2D eigenvalue weighted by atomic mass is 9.98. The molecule has 31 heavy (non-hydrogen) atoms. The summed E-state index contributed by atoms with van der Waals surface area (Å²) in [7, 11) is 0. The van der Waals surface area contributed by atoms with Gasteiger partial charge in [-0.1, -0.05) is 36.4 Å². The molecule has 0 aliphatic rings. The third-order valence-electron chi connectivity index (χ3n) is 4.84. The molecule has 8 heteroatoms. The Labute approximate surface area is 176 Å². The van der Waals surface area contributed by atoms with Crippen molar-refractivity contribution in [1.82, 2.24) is 15.0 Å². The number of hydrogen-bond donors (Lipinski definition) is 1. The number of para-hydroxylation sites is 1. The number of nitrogen functional groups attached to an aromatic ring is 1. The van der Waals surface area contributed by atoms with Crippen molar-refractivity contribution < 1.29 is 17.9 Å². The van der Waals surface area contributed by atoms with Crippen molar-refractivity contribution in [3.8, 4) is 17.1 Å². The van der Waals surface area contributed by atoms with Crippen molar-refractivity contribution in [3.63, 3.8) is 0 Å². The van der Waals surface area contributed by atoms with Crippen molar-refractivity contribution in [3.05, 3.63) is 77.0 Å². The van der Waals surface area contributed by atoms with Gasteiger partial charge < -0.3 is 10.5 Å². The quantitative estimate of drug-likeness (QED) is 0.469. The topological polar surface area (TPSA) is 73.9 Å². The number of pyridine rings is 1. The van der Waals surface area contributed by atoms with Crippen LogP contribution in [0.1, 0.15) is 22.4 Å². The maximum absolute atomic E-state index is 13.7. The Kier molecular flexibility index (Phi) is 5.22. The van der Waals surface area contributed by atoms with Crippen LogP contribution in [0.4, 0.5) is 19.1 Å². The number of halogens is 3. The van der Waals surface area contributed by atoms with E-state index in [1.807, 2.05) is 25.1 Å². The molecule has 2 heterocycles. The van der Waals surface area contributed by atoms with Gasteiger partial charge in [0, 0.05) is 28.3 Å². The lowest BCUT2D eigenvalue weighted by Gasteiger charge is -2.17. The van der Waals surface area contributed by atoms with Crippen LogP contribution in [-0.2, 0) is 12.8 Å². The van der Waals surface area contributed by atoms with Crippen molar-refractivity contribution in [1.29, 1.82) is 0 Å². The third-order valence-corrected chi connectivity index (χ3v) is 4.84. The lowest BCUT2D eigenvalue weighted by molar-refractivity contribution is -0.137. The molecule has 4 rings (SSSR count). The standard InChI is InChI=1S/C23H19F3N4O/c1-13-6-5-7-15-11-16(12-31-19-10-14(2)28-22(27)29-19)21(30-20(13)15)17-8-3-4-9-18(17)23(24,25)26/h3-11H,12H2,1-2H3,(H2,27,28,29). The SMILES string of the molecule is Cc1cc(OCc2cc3cccc(C)c3nc2-c2ccccc2C(F)(F)F)nc(N)n1. The summed E-state index contributed by atoms with van der Waals surface area (Å²) in [5.41, 5.74) is 7.77. The zero-order valence-corrected chi connectivity index (χ0v) is 16.9. The number of benzene rings is 2. The van der Waals surface area contributed by atoms with Crippen LogP contribution in [0.15, 0.2) is 54.6 Å². The Morgan fingerprint density at radius 1 is 0.935 bits per heavy atom. The summed E-state index contributed by atoms with van der Waals surface area (Å²) >= 11 is 0.